The molecule has 2 aromatic carbocycles. The number of anilines is 2. The lowest BCUT2D eigenvalue weighted by molar-refractivity contribution is -0.194. The van der Waals surface area contributed by atoms with Gasteiger partial charge in [0.1, 0.15) is 31.3 Å². The van der Waals surface area contributed by atoms with E-state index in [2.05, 4.69) is 42.5 Å². The van der Waals surface area contributed by atoms with Crippen LogP contribution in [-0.4, -0.2) is 120 Å². The van der Waals surface area contributed by atoms with E-state index >= 15 is 0 Å². The molecule has 0 saturated carbocycles. The van der Waals surface area contributed by atoms with Gasteiger partial charge in [0.2, 0.25) is 23.0 Å². The van der Waals surface area contributed by atoms with Crippen molar-refractivity contribution in [1.29, 1.82) is 0 Å². The summed E-state index contributed by atoms with van der Waals surface area (Å²) >= 11 is 5.68. The molecule has 10 amide bonds. The number of carbonyl (C=O) groups excluding carboxylic acids is 8. The number of imide groups is 2. The molecule has 4 aliphatic heterocycles. The van der Waals surface area contributed by atoms with E-state index in [9.17, 15) is 51.5 Å². The van der Waals surface area contributed by atoms with E-state index in [1.54, 1.807) is 52.7 Å². The number of alkyl halides is 4. The first-order valence-corrected chi connectivity index (χ1v) is 25.1. The summed E-state index contributed by atoms with van der Waals surface area (Å²) in [6.45, 7) is 1.54. The average molecular weight is 1240 g/mol. The fraction of sp³-hybridized carbons (Fsp3) is 0.391. The molecule has 2 saturated heterocycles. The fourth-order valence-corrected chi connectivity index (χ4v) is 11.0. The number of benzene rings is 2. The van der Waals surface area contributed by atoms with E-state index in [0.717, 1.165) is 31.6 Å². The normalized spacial score (nSPS) is 21.2. The average Bonchev–Trinajstić information content (AvgIpc) is 4.20. The molecule has 2 fully saturated rings. The van der Waals surface area contributed by atoms with Gasteiger partial charge >= 0.3 is 30.4 Å². The van der Waals surface area contributed by atoms with Gasteiger partial charge in [-0.25, -0.2) is 24.1 Å². The van der Waals surface area contributed by atoms with Gasteiger partial charge in [-0.15, -0.1) is 22.7 Å². The van der Waals surface area contributed by atoms with Gasteiger partial charge in [0, 0.05) is 49.4 Å². The summed E-state index contributed by atoms with van der Waals surface area (Å²) in [6, 6.07) is 11.0. The highest BCUT2D eigenvalue weighted by atomic mass is 79.9. The number of carbonyl (C=O) groups is 8. The molecule has 30 heteroatoms. The summed E-state index contributed by atoms with van der Waals surface area (Å²) in [5.41, 5.74) is 1.54. The predicted octanol–water partition coefficient (Wildman–Crippen LogP) is 6.52. The van der Waals surface area contributed by atoms with Crippen LogP contribution in [0.1, 0.15) is 51.8 Å². The molecule has 4 aromatic rings. The van der Waals surface area contributed by atoms with Crippen molar-refractivity contribution < 1.29 is 70.5 Å². The summed E-state index contributed by atoms with van der Waals surface area (Å²) in [6.07, 6.45) is -4.21. The Balaban J connectivity index is 0.000000257. The van der Waals surface area contributed by atoms with Crippen LogP contribution in [0.5, 0.6) is 11.5 Å². The van der Waals surface area contributed by atoms with Crippen molar-refractivity contribution in [2.24, 2.45) is 0 Å². The van der Waals surface area contributed by atoms with E-state index in [1.165, 1.54) is 36.8 Å². The number of fused-ring (bicyclic) bond motifs is 6. The summed E-state index contributed by atoms with van der Waals surface area (Å²) in [4.78, 5) is 102. The van der Waals surface area contributed by atoms with Gasteiger partial charge in [-0.3, -0.25) is 24.5 Å². The van der Waals surface area contributed by atoms with Crippen LogP contribution in [-0.2, 0) is 65.8 Å². The van der Waals surface area contributed by atoms with Gasteiger partial charge in [-0.05, 0) is 78.1 Å². The molecule has 6 heterocycles. The monoisotopic (exact) mass is 1240 g/mol. The van der Waals surface area contributed by atoms with Gasteiger partial charge in [0.25, 0.3) is 11.8 Å². The second kappa shape index (κ2) is 25.7. The number of nitrogens with zero attached hydrogens (tertiary/aromatic N) is 3. The lowest BCUT2D eigenvalue weighted by Gasteiger charge is -2.30. The van der Waals surface area contributed by atoms with Crippen LogP contribution >= 0.6 is 92.6 Å². The number of ether oxygens (including phenoxy) is 4. The van der Waals surface area contributed by atoms with E-state index in [1.807, 2.05) is 18.4 Å². The third-order valence-electron chi connectivity index (χ3n) is 12.7. The fourth-order valence-electron chi connectivity index (χ4n) is 9.05. The third-order valence-corrected chi connectivity index (χ3v) is 15.0. The first kappa shape index (κ1) is 63.0. The minimum Gasteiger partial charge on any atom is -0.490 e. The van der Waals surface area contributed by atoms with Crippen LogP contribution in [0.15, 0.2) is 59.3 Å². The highest BCUT2D eigenvalue weighted by Gasteiger charge is 2.59. The van der Waals surface area contributed by atoms with Gasteiger partial charge in [0.15, 0.2) is 6.04 Å². The van der Waals surface area contributed by atoms with E-state index in [-0.39, 0.29) is 96.3 Å². The van der Waals surface area contributed by atoms with Gasteiger partial charge in [-0.2, -0.15) is 67.2 Å². The van der Waals surface area contributed by atoms with E-state index < -0.39 is 66.5 Å². The van der Waals surface area contributed by atoms with Crippen molar-refractivity contribution in [3.8, 4) is 11.5 Å². The molecule has 0 unspecified atom stereocenters. The minimum absolute atomic E-state index is 0. The lowest BCUT2D eigenvalue weighted by atomic mass is 9.94. The van der Waals surface area contributed by atoms with Crippen LogP contribution < -0.4 is 36.1 Å². The Kier molecular flexibility index (Phi) is 21.3. The number of aryl methyl sites for hydroxylation is 2. The maximum atomic E-state index is 13.4. The molecule has 0 radical (unpaired) electrons. The molecule has 0 bridgehead atoms. The van der Waals surface area contributed by atoms with Gasteiger partial charge in [-0.1, -0.05) is 28.1 Å². The number of alkyl carbamates (subject to hydrolysis) is 1. The lowest BCUT2D eigenvalue weighted by Crippen LogP contribution is -2.51. The summed E-state index contributed by atoms with van der Waals surface area (Å²) in [7, 11) is 3.04. The quantitative estimate of drug-likeness (QED) is 0.134. The smallest absolute Gasteiger partial charge is 0.418 e. The number of urea groups is 2. The SMILES string of the molecule is CNC(=O)Nc1ccc2c(c1)CC[C@]21OC(=O)N(CC(=O)N2Cc3sccc3OC[C@H]2C)C1=O.CNC(=O)Nc1ccc2c(c1)CC[C@]21OC(=O)NC1=O.O=C(CBr)N1Cc2sccc2OC[C@H]1C(F)(F)F.S.S.S.S. The Morgan fingerprint density at radius 1 is 0.737 bits per heavy atom. The minimum atomic E-state index is -4.49. The maximum Gasteiger partial charge on any atom is 0.418 e. The highest BCUT2D eigenvalue weighted by Crippen LogP contribution is 2.47. The van der Waals surface area contributed by atoms with Crippen molar-refractivity contribution in [2.45, 2.75) is 75.2 Å². The molecular weight excluding hydrogens is 1190 g/mol. The zero-order valence-corrected chi connectivity index (χ0v) is 47.8. The molecule has 5 N–H and O–H groups in total. The van der Waals surface area contributed by atoms with E-state index in [4.69, 9.17) is 18.9 Å². The summed E-state index contributed by atoms with van der Waals surface area (Å²) in [5, 5.41) is 16.0. The van der Waals surface area contributed by atoms with Crippen molar-refractivity contribution >= 4 is 152 Å². The van der Waals surface area contributed by atoms with Crippen LogP contribution in [0, 0.1) is 0 Å². The molecule has 2 aromatic heterocycles. The molecule has 10 rings (SSSR count). The molecule has 2 aliphatic carbocycles. The van der Waals surface area contributed by atoms with E-state index in [0.29, 0.717) is 65.5 Å². The number of hydrogen-bond acceptors (Lipinski definition) is 14. The number of hydrogen-bond donors (Lipinski definition) is 5. The van der Waals surface area contributed by atoms with Crippen LogP contribution in [0.25, 0.3) is 0 Å². The van der Waals surface area contributed by atoms with Crippen LogP contribution in [0.3, 0.4) is 0 Å². The van der Waals surface area contributed by atoms with Crippen molar-refractivity contribution in [3.05, 3.63) is 91.3 Å². The number of amides is 10. The van der Waals surface area contributed by atoms with Gasteiger partial charge in [0.05, 0.1) is 34.2 Å². The zero-order valence-electron chi connectivity index (χ0n) is 40.6. The zero-order chi connectivity index (χ0) is 51.7. The Hall–Kier alpha value is -5.53. The van der Waals surface area contributed by atoms with Crippen LogP contribution in [0.2, 0.25) is 0 Å². The Morgan fingerprint density at radius 3 is 1.75 bits per heavy atom. The topological polar surface area (TPSA) is 243 Å². The Morgan fingerprint density at radius 2 is 1.25 bits per heavy atom. The number of thiophene rings is 2. The first-order valence-electron chi connectivity index (χ1n) is 22.2. The molecule has 4 atom stereocenters. The summed E-state index contributed by atoms with van der Waals surface area (Å²) in [5.74, 6) is -0.708. The molecular formula is C46H54BrF3N8O12S6. The third kappa shape index (κ3) is 12.7. The molecule has 20 nitrogen and oxygen atoms in total. The van der Waals surface area contributed by atoms with Crippen molar-refractivity contribution in [1.82, 2.24) is 30.7 Å². The number of rotatable bonds is 5. The second-order valence-corrected chi connectivity index (χ2v) is 19.6. The molecule has 6 aliphatic rings. The summed E-state index contributed by atoms with van der Waals surface area (Å²) < 4.78 is 60.5. The molecule has 414 valence electrons. The second-order valence-electron chi connectivity index (χ2n) is 17.0. The largest absolute Gasteiger partial charge is 0.490 e. The first-order chi connectivity index (χ1) is 34.3. The molecule has 2 spiro atoms. The number of halogens is 4. The van der Waals surface area contributed by atoms with Crippen LogP contribution in [0.4, 0.5) is 43.7 Å². The maximum absolute atomic E-state index is 13.4. The highest BCUT2D eigenvalue weighted by molar-refractivity contribution is 9.09. The van der Waals surface area contributed by atoms with Crippen molar-refractivity contribution in [2.75, 3.05) is 49.8 Å². The van der Waals surface area contributed by atoms with Crippen molar-refractivity contribution in [3.63, 3.8) is 0 Å². The Labute approximate surface area is 477 Å². The predicted molar refractivity (Wildman–Crippen MR) is 297 cm³/mol. The standard InChI is InChI=1S/C23H24N4O6S.C13H13N3O4.C10H9BrF3NO2S.4H2S/c1-13-12-32-17-6-8-34-18(17)10-26(13)19(28)11-27-20(29)23(33-22(27)31)7-5-14-9-15(3-4-16(14)23)25-21(30)24-2;1-14-11(18)15-8-2-3-9-7(6-8)4-5-13(9)10(17)16-12(19)20-13;11-3-9(16)15-4-7-6(1-2-18-7)17-5-8(15)10(12,13)14;;;;/h3-4,6,8-9,13H,5,7,10-12H2,1-2H3,(H2,24,25,30);2-3,6H,4-5H2,1H3,(H2,14,15,18)(H,16,17,19);1-2,8H,3-5H2;4*1H2/t13-,23+;13-;8-;;;;/m100..../s1. The molecule has 76 heavy (non-hydrogen) atoms. The number of nitrogens with one attached hydrogen (secondary N) is 5. The van der Waals surface area contributed by atoms with Gasteiger partial charge < -0.3 is 50.0 Å². The Bertz CT molecular complexity index is 2860.